The molecular weight excluding hydrogens is 282 g/mol. The molecule has 2 heteroatoms. The van der Waals surface area contributed by atoms with Gasteiger partial charge < -0.3 is 5.11 Å². The molecular formula is C21H37NO. The Morgan fingerprint density at radius 1 is 0.739 bits per heavy atom. The first-order chi connectivity index (χ1) is 11.3. The summed E-state index contributed by atoms with van der Waals surface area (Å²) >= 11 is 0. The average Bonchev–Trinajstić information content (AvgIpc) is 2.57. The normalized spacial score (nSPS) is 11.0. The van der Waals surface area contributed by atoms with Crippen LogP contribution in [-0.4, -0.2) is 10.1 Å². The van der Waals surface area contributed by atoms with Crippen LogP contribution in [0.1, 0.15) is 103 Å². The highest BCUT2D eigenvalue weighted by atomic mass is 16.3. The van der Waals surface area contributed by atoms with Crippen molar-refractivity contribution in [3.8, 4) is 5.75 Å². The maximum Gasteiger partial charge on any atom is 0.137 e. The van der Waals surface area contributed by atoms with Gasteiger partial charge in [-0.2, -0.15) is 0 Å². The molecule has 0 radical (unpaired) electrons. The Bertz CT molecular complexity index is 378. The third kappa shape index (κ3) is 11.2. The third-order valence-corrected chi connectivity index (χ3v) is 4.63. The zero-order valence-electron chi connectivity index (χ0n) is 15.2. The highest BCUT2D eigenvalue weighted by molar-refractivity contribution is 5.24. The van der Waals surface area contributed by atoms with Gasteiger partial charge in [-0.25, -0.2) is 0 Å². The monoisotopic (exact) mass is 319 g/mol. The predicted molar refractivity (Wildman–Crippen MR) is 99.9 cm³/mol. The Morgan fingerprint density at radius 3 is 1.70 bits per heavy atom. The molecule has 0 unspecified atom stereocenters. The first-order valence-electron chi connectivity index (χ1n) is 9.97. The van der Waals surface area contributed by atoms with Crippen LogP contribution < -0.4 is 0 Å². The molecule has 1 rings (SSSR count). The van der Waals surface area contributed by atoms with E-state index in [1.54, 1.807) is 18.3 Å². The summed E-state index contributed by atoms with van der Waals surface area (Å²) in [6, 6.07) is 3.51. The number of aromatic nitrogens is 1. The molecule has 0 aliphatic carbocycles. The molecule has 0 bridgehead atoms. The number of hydrogen-bond donors (Lipinski definition) is 1. The van der Waals surface area contributed by atoms with Crippen molar-refractivity contribution in [1.29, 1.82) is 0 Å². The van der Waals surface area contributed by atoms with Crippen molar-refractivity contribution in [3.05, 3.63) is 24.0 Å². The lowest BCUT2D eigenvalue weighted by Crippen LogP contribution is -1.90. The van der Waals surface area contributed by atoms with E-state index in [0.717, 1.165) is 18.5 Å². The number of unbranched alkanes of at least 4 members (excludes halogenated alkanes) is 13. The van der Waals surface area contributed by atoms with E-state index >= 15 is 0 Å². The van der Waals surface area contributed by atoms with E-state index in [0.29, 0.717) is 5.75 Å². The van der Waals surface area contributed by atoms with E-state index in [1.165, 1.54) is 83.5 Å². The molecule has 0 spiro atoms. The second-order valence-corrected chi connectivity index (χ2v) is 6.82. The van der Waals surface area contributed by atoms with Gasteiger partial charge in [-0.3, -0.25) is 4.98 Å². The maximum absolute atomic E-state index is 9.65. The molecule has 0 aliphatic heterocycles. The number of pyridine rings is 1. The number of aromatic hydroxyl groups is 1. The quantitative estimate of drug-likeness (QED) is 0.360. The summed E-state index contributed by atoms with van der Waals surface area (Å²) in [6.07, 6.45) is 22.0. The first-order valence-corrected chi connectivity index (χ1v) is 9.97. The highest BCUT2D eigenvalue weighted by Crippen LogP contribution is 2.17. The summed E-state index contributed by atoms with van der Waals surface area (Å²) in [6.45, 7) is 2.28. The van der Waals surface area contributed by atoms with Gasteiger partial charge in [0, 0.05) is 6.20 Å². The number of hydrogen-bond acceptors (Lipinski definition) is 2. The Hall–Kier alpha value is -1.05. The Balaban J connectivity index is 1.79. The van der Waals surface area contributed by atoms with Crippen molar-refractivity contribution in [3.63, 3.8) is 0 Å². The first kappa shape index (κ1) is 20.0. The zero-order chi connectivity index (χ0) is 16.6. The van der Waals surface area contributed by atoms with Crippen LogP contribution in [-0.2, 0) is 6.42 Å². The minimum absolute atomic E-state index is 0.349. The smallest absolute Gasteiger partial charge is 0.137 e. The largest absolute Gasteiger partial charge is 0.506 e. The van der Waals surface area contributed by atoms with E-state index < -0.39 is 0 Å². The second kappa shape index (κ2) is 14.5. The summed E-state index contributed by atoms with van der Waals surface area (Å²) in [5.74, 6) is 0.349. The summed E-state index contributed by atoms with van der Waals surface area (Å²) in [5, 5.41) is 9.65. The van der Waals surface area contributed by atoms with Crippen LogP contribution in [0, 0.1) is 0 Å². The van der Waals surface area contributed by atoms with Crippen molar-refractivity contribution in [1.82, 2.24) is 4.98 Å². The van der Waals surface area contributed by atoms with Crippen LogP contribution in [0.4, 0.5) is 0 Å². The van der Waals surface area contributed by atoms with Crippen molar-refractivity contribution < 1.29 is 5.11 Å². The molecule has 132 valence electrons. The zero-order valence-corrected chi connectivity index (χ0v) is 15.2. The molecule has 2 nitrogen and oxygen atoms in total. The Labute approximate surface area is 143 Å². The van der Waals surface area contributed by atoms with Gasteiger partial charge in [-0.05, 0) is 25.0 Å². The molecule has 1 N–H and O–H groups in total. The van der Waals surface area contributed by atoms with E-state index in [1.807, 2.05) is 0 Å². The van der Waals surface area contributed by atoms with Gasteiger partial charge >= 0.3 is 0 Å². The molecule has 0 atom stereocenters. The van der Waals surface area contributed by atoms with Crippen LogP contribution in [0.3, 0.4) is 0 Å². The molecule has 0 saturated carbocycles. The number of nitrogens with zero attached hydrogens (tertiary/aromatic N) is 1. The lowest BCUT2D eigenvalue weighted by molar-refractivity contribution is 0.461. The SMILES string of the molecule is CCCCCCCCCCCCCCCCc1ncccc1O. The topological polar surface area (TPSA) is 33.1 Å². The van der Waals surface area contributed by atoms with Gasteiger partial charge in [-0.1, -0.05) is 90.4 Å². The van der Waals surface area contributed by atoms with Gasteiger partial charge in [0.05, 0.1) is 5.69 Å². The fourth-order valence-electron chi connectivity index (χ4n) is 3.11. The van der Waals surface area contributed by atoms with Gasteiger partial charge in [0.15, 0.2) is 0 Å². The molecule has 23 heavy (non-hydrogen) atoms. The van der Waals surface area contributed by atoms with Crippen LogP contribution in [0.5, 0.6) is 5.75 Å². The van der Waals surface area contributed by atoms with Crippen LogP contribution >= 0.6 is 0 Å². The fraction of sp³-hybridized carbons (Fsp3) is 0.762. The highest BCUT2D eigenvalue weighted by Gasteiger charge is 2.00. The molecule has 0 amide bonds. The minimum Gasteiger partial charge on any atom is -0.506 e. The van der Waals surface area contributed by atoms with Crippen LogP contribution in [0.2, 0.25) is 0 Å². The van der Waals surface area contributed by atoms with E-state index in [9.17, 15) is 5.11 Å². The molecule has 0 aliphatic rings. The lowest BCUT2D eigenvalue weighted by Gasteiger charge is -2.04. The summed E-state index contributed by atoms with van der Waals surface area (Å²) in [4.78, 5) is 4.23. The van der Waals surface area contributed by atoms with E-state index in [4.69, 9.17) is 0 Å². The number of aryl methyl sites for hydroxylation is 1. The van der Waals surface area contributed by atoms with E-state index in [2.05, 4.69) is 11.9 Å². The second-order valence-electron chi connectivity index (χ2n) is 6.82. The summed E-state index contributed by atoms with van der Waals surface area (Å²) in [5.41, 5.74) is 0.853. The summed E-state index contributed by atoms with van der Waals surface area (Å²) < 4.78 is 0. The molecule has 1 heterocycles. The molecule has 1 aromatic rings. The molecule has 0 aromatic carbocycles. The molecule has 0 saturated heterocycles. The third-order valence-electron chi connectivity index (χ3n) is 4.63. The average molecular weight is 320 g/mol. The van der Waals surface area contributed by atoms with Gasteiger partial charge in [0.2, 0.25) is 0 Å². The lowest BCUT2D eigenvalue weighted by atomic mass is 10.0. The molecule has 1 aromatic heterocycles. The van der Waals surface area contributed by atoms with Gasteiger partial charge in [0.25, 0.3) is 0 Å². The Morgan fingerprint density at radius 2 is 1.22 bits per heavy atom. The van der Waals surface area contributed by atoms with Crippen molar-refractivity contribution >= 4 is 0 Å². The van der Waals surface area contributed by atoms with Crippen molar-refractivity contribution in [2.75, 3.05) is 0 Å². The van der Waals surface area contributed by atoms with E-state index in [-0.39, 0.29) is 0 Å². The summed E-state index contributed by atoms with van der Waals surface area (Å²) in [7, 11) is 0. The fourth-order valence-corrected chi connectivity index (χ4v) is 3.11. The van der Waals surface area contributed by atoms with Gasteiger partial charge in [-0.15, -0.1) is 0 Å². The predicted octanol–water partition coefficient (Wildman–Crippen LogP) is 6.81. The van der Waals surface area contributed by atoms with Crippen molar-refractivity contribution in [2.24, 2.45) is 0 Å². The number of rotatable bonds is 15. The van der Waals surface area contributed by atoms with Crippen molar-refractivity contribution in [2.45, 2.75) is 103 Å². The molecule has 0 fully saturated rings. The Kier molecular flexibility index (Phi) is 12.6. The maximum atomic E-state index is 9.65. The van der Waals surface area contributed by atoms with Crippen LogP contribution in [0.15, 0.2) is 18.3 Å². The van der Waals surface area contributed by atoms with Crippen LogP contribution in [0.25, 0.3) is 0 Å². The van der Waals surface area contributed by atoms with Gasteiger partial charge in [0.1, 0.15) is 5.75 Å². The minimum atomic E-state index is 0.349. The standard InChI is InChI=1S/C21H37NO/c1-2-3-4-5-6-7-8-9-10-11-12-13-14-15-17-20-21(23)18-16-19-22-20/h16,18-19,23H,2-15,17H2,1H3.